The second-order valence-electron chi connectivity index (χ2n) is 5.28. The van der Waals surface area contributed by atoms with E-state index in [2.05, 4.69) is 5.32 Å². The van der Waals surface area contributed by atoms with Crippen LogP contribution in [0, 0.1) is 0 Å². The molecule has 1 aromatic rings. The average molecular weight is 329 g/mol. The number of carbonyl (C=O) groups is 1. The summed E-state index contributed by atoms with van der Waals surface area (Å²) in [6.07, 6.45) is 2.31. The number of halogens is 1. The molecule has 124 valence electrons. The lowest BCUT2D eigenvalue weighted by atomic mass is 10.0. The van der Waals surface area contributed by atoms with Crippen LogP contribution in [-0.2, 0) is 14.3 Å². The maximum atomic E-state index is 11.8. The minimum absolute atomic E-state index is 0. The van der Waals surface area contributed by atoms with Crippen molar-refractivity contribution in [2.24, 2.45) is 5.73 Å². The van der Waals surface area contributed by atoms with Crippen molar-refractivity contribution in [3.63, 3.8) is 0 Å². The number of nitrogens with one attached hydrogen (secondary N) is 1. The van der Waals surface area contributed by atoms with Crippen LogP contribution in [0.25, 0.3) is 0 Å². The predicted octanol–water partition coefficient (Wildman–Crippen LogP) is 1.81. The summed E-state index contributed by atoms with van der Waals surface area (Å²) in [7, 11) is 0. The molecule has 1 amide bonds. The number of ether oxygens (including phenoxy) is 2. The molecule has 0 saturated carbocycles. The lowest BCUT2D eigenvalue weighted by molar-refractivity contribution is -0.121. The molecule has 1 heterocycles. The van der Waals surface area contributed by atoms with E-state index >= 15 is 0 Å². The van der Waals surface area contributed by atoms with E-state index in [1.54, 1.807) is 0 Å². The van der Waals surface area contributed by atoms with Crippen molar-refractivity contribution in [2.45, 2.75) is 31.4 Å². The fraction of sp³-hybridized carbons (Fsp3) is 0.562. The Morgan fingerprint density at radius 2 is 2.18 bits per heavy atom. The molecule has 2 unspecified atom stereocenters. The van der Waals surface area contributed by atoms with Crippen molar-refractivity contribution in [3.8, 4) is 0 Å². The summed E-state index contributed by atoms with van der Waals surface area (Å²) in [6, 6.07) is 9.42. The van der Waals surface area contributed by atoms with Gasteiger partial charge in [-0.1, -0.05) is 30.3 Å². The first kappa shape index (κ1) is 18.9. The first-order chi connectivity index (χ1) is 10.3. The fourth-order valence-corrected chi connectivity index (χ4v) is 2.28. The highest BCUT2D eigenvalue weighted by molar-refractivity contribution is 5.85. The second kappa shape index (κ2) is 10.6. The first-order valence-corrected chi connectivity index (χ1v) is 7.52. The molecule has 1 fully saturated rings. The summed E-state index contributed by atoms with van der Waals surface area (Å²) < 4.78 is 10.9. The van der Waals surface area contributed by atoms with E-state index < -0.39 is 0 Å². The topological polar surface area (TPSA) is 73.6 Å². The monoisotopic (exact) mass is 328 g/mol. The largest absolute Gasteiger partial charge is 0.379 e. The van der Waals surface area contributed by atoms with Crippen LogP contribution < -0.4 is 11.1 Å². The number of carbonyl (C=O) groups excluding carboxylic acids is 1. The van der Waals surface area contributed by atoms with Gasteiger partial charge >= 0.3 is 0 Å². The highest BCUT2D eigenvalue weighted by Crippen LogP contribution is 2.12. The molecule has 1 saturated heterocycles. The Morgan fingerprint density at radius 3 is 2.86 bits per heavy atom. The Labute approximate surface area is 138 Å². The summed E-state index contributed by atoms with van der Waals surface area (Å²) in [4.78, 5) is 11.8. The molecule has 1 aromatic carbocycles. The van der Waals surface area contributed by atoms with Gasteiger partial charge in [-0.25, -0.2) is 0 Å². The summed E-state index contributed by atoms with van der Waals surface area (Å²) in [5.41, 5.74) is 6.99. The van der Waals surface area contributed by atoms with Gasteiger partial charge in [-0.3, -0.25) is 4.79 Å². The molecule has 22 heavy (non-hydrogen) atoms. The molecular weight excluding hydrogens is 304 g/mol. The normalized spacial score (nSPS) is 18.5. The van der Waals surface area contributed by atoms with Gasteiger partial charge in [-0.05, 0) is 18.4 Å². The number of hydrogen-bond acceptors (Lipinski definition) is 4. The van der Waals surface area contributed by atoms with Crippen molar-refractivity contribution in [1.29, 1.82) is 0 Å². The highest BCUT2D eigenvalue weighted by atomic mass is 35.5. The third-order valence-corrected chi connectivity index (χ3v) is 3.52. The molecule has 6 heteroatoms. The van der Waals surface area contributed by atoms with Crippen LogP contribution in [0.4, 0.5) is 0 Å². The van der Waals surface area contributed by atoms with Gasteiger partial charge < -0.3 is 20.5 Å². The second-order valence-corrected chi connectivity index (χ2v) is 5.28. The number of nitrogens with two attached hydrogens (primary N) is 1. The maximum Gasteiger partial charge on any atom is 0.221 e. The molecule has 2 atom stereocenters. The minimum Gasteiger partial charge on any atom is -0.379 e. The van der Waals surface area contributed by atoms with Gasteiger partial charge in [0.1, 0.15) is 0 Å². The Bertz CT molecular complexity index is 425. The third-order valence-electron chi connectivity index (χ3n) is 3.52. The SMILES string of the molecule is Cl.NC(CC(=O)NCCCOC1CCOC1)c1ccccc1. The molecule has 0 aliphatic carbocycles. The van der Waals surface area contributed by atoms with Crippen molar-refractivity contribution in [2.75, 3.05) is 26.4 Å². The molecule has 2 rings (SSSR count). The molecule has 0 spiro atoms. The smallest absolute Gasteiger partial charge is 0.221 e. The number of rotatable bonds is 8. The molecule has 0 bridgehead atoms. The van der Waals surface area contributed by atoms with Gasteiger partial charge in [-0.2, -0.15) is 0 Å². The predicted molar refractivity (Wildman–Crippen MR) is 88.0 cm³/mol. The van der Waals surface area contributed by atoms with Crippen molar-refractivity contribution in [3.05, 3.63) is 35.9 Å². The first-order valence-electron chi connectivity index (χ1n) is 7.52. The molecule has 0 radical (unpaired) electrons. The van der Waals surface area contributed by atoms with Gasteiger partial charge in [0.05, 0.1) is 12.7 Å². The molecular formula is C16H25ClN2O3. The van der Waals surface area contributed by atoms with E-state index in [4.69, 9.17) is 15.2 Å². The molecule has 5 nitrogen and oxygen atoms in total. The van der Waals surface area contributed by atoms with E-state index in [0.29, 0.717) is 26.2 Å². The minimum atomic E-state index is -0.252. The van der Waals surface area contributed by atoms with Crippen LogP contribution in [0.5, 0.6) is 0 Å². The van der Waals surface area contributed by atoms with Crippen molar-refractivity contribution < 1.29 is 14.3 Å². The number of benzene rings is 1. The highest BCUT2D eigenvalue weighted by Gasteiger charge is 2.15. The summed E-state index contributed by atoms with van der Waals surface area (Å²) in [5, 5.41) is 2.88. The Hall–Kier alpha value is -1.14. The lowest BCUT2D eigenvalue weighted by Gasteiger charge is -2.13. The van der Waals surface area contributed by atoms with Crippen LogP contribution in [0.3, 0.4) is 0 Å². The zero-order valence-electron chi connectivity index (χ0n) is 12.7. The van der Waals surface area contributed by atoms with Crippen LogP contribution >= 0.6 is 12.4 Å². The van der Waals surface area contributed by atoms with Crippen LogP contribution in [0.1, 0.15) is 30.9 Å². The van der Waals surface area contributed by atoms with E-state index in [0.717, 1.165) is 25.0 Å². The average Bonchev–Trinajstić information content (AvgIpc) is 3.01. The fourth-order valence-electron chi connectivity index (χ4n) is 2.28. The number of hydrogen-bond donors (Lipinski definition) is 2. The molecule has 0 aromatic heterocycles. The summed E-state index contributed by atoms with van der Waals surface area (Å²) >= 11 is 0. The molecule has 1 aliphatic heterocycles. The van der Waals surface area contributed by atoms with Gasteiger partial charge in [0.25, 0.3) is 0 Å². The maximum absolute atomic E-state index is 11.8. The van der Waals surface area contributed by atoms with E-state index in [-0.39, 0.29) is 30.5 Å². The van der Waals surface area contributed by atoms with E-state index in [1.165, 1.54) is 0 Å². The zero-order chi connectivity index (χ0) is 14.9. The standard InChI is InChI=1S/C16H24N2O3.ClH/c17-15(13-5-2-1-3-6-13)11-16(19)18-8-4-9-21-14-7-10-20-12-14;/h1-3,5-6,14-15H,4,7-12,17H2,(H,18,19);1H. The summed E-state index contributed by atoms with van der Waals surface area (Å²) in [6.45, 7) is 2.75. The van der Waals surface area contributed by atoms with Gasteiger partial charge in [0.2, 0.25) is 5.91 Å². The molecule has 3 N–H and O–H groups in total. The van der Waals surface area contributed by atoms with Crippen molar-refractivity contribution >= 4 is 18.3 Å². The van der Waals surface area contributed by atoms with Crippen LogP contribution in [-0.4, -0.2) is 38.4 Å². The van der Waals surface area contributed by atoms with Crippen LogP contribution in [0.2, 0.25) is 0 Å². The Kier molecular flexibility index (Phi) is 9.08. The zero-order valence-corrected chi connectivity index (χ0v) is 13.5. The van der Waals surface area contributed by atoms with Gasteiger partial charge in [-0.15, -0.1) is 12.4 Å². The molecule has 1 aliphatic rings. The van der Waals surface area contributed by atoms with Crippen molar-refractivity contribution in [1.82, 2.24) is 5.32 Å². The quantitative estimate of drug-likeness (QED) is 0.714. The van der Waals surface area contributed by atoms with E-state index in [1.807, 2.05) is 30.3 Å². The Balaban J connectivity index is 0.00000242. The van der Waals surface area contributed by atoms with Gasteiger partial charge in [0.15, 0.2) is 0 Å². The number of amides is 1. The lowest BCUT2D eigenvalue weighted by Crippen LogP contribution is -2.29. The van der Waals surface area contributed by atoms with E-state index in [9.17, 15) is 4.79 Å². The summed E-state index contributed by atoms with van der Waals surface area (Å²) in [5.74, 6) is -0.0180. The Morgan fingerprint density at radius 1 is 1.41 bits per heavy atom. The van der Waals surface area contributed by atoms with Crippen LogP contribution in [0.15, 0.2) is 30.3 Å². The third kappa shape index (κ3) is 6.75. The van der Waals surface area contributed by atoms with Gasteiger partial charge in [0, 0.05) is 32.2 Å².